The standard InChI is InChI=1S/C16H11ClN2O2/c1-10-18-16(19-21-10)14-9-12(15(17)20)7-8-13(14)11-5-3-2-4-6-11/h2-9H,1H3. The highest BCUT2D eigenvalue weighted by atomic mass is 35.5. The summed E-state index contributed by atoms with van der Waals surface area (Å²) in [7, 11) is 0. The Balaban J connectivity index is 2.22. The summed E-state index contributed by atoms with van der Waals surface area (Å²) in [5.41, 5.74) is 3.03. The molecule has 3 rings (SSSR count). The Kier molecular flexibility index (Phi) is 3.54. The molecule has 3 aromatic rings. The fraction of sp³-hybridized carbons (Fsp3) is 0.0625. The molecule has 2 aromatic carbocycles. The van der Waals surface area contributed by atoms with Gasteiger partial charge in [-0.25, -0.2) is 0 Å². The molecule has 0 saturated carbocycles. The van der Waals surface area contributed by atoms with Gasteiger partial charge < -0.3 is 4.52 Å². The molecule has 0 N–H and O–H groups in total. The lowest BCUT2D eigenvalue weighted by Crippen LogP contribution is -1.93. The van der Waals surface area contributed by atoms with Gasteiger partial charge in [-0.1, -0.05) is 41.6 Å². The topological polar surface area (TPSA) is 56.0 Å². The largest absolute Gasteiger partial charge is 0.339 e. The van der Waals surface area contributed by atoms with Gasteiger partial charge in [0, 0.05) is 18.1 Å². The number of carbonyl (C=O) groups excluding carboxylic acids is 1. The van der Waals surface area contributed by atoms with Crippen LogP contribution in [-0.4, -0.2) is 15.4 Å². The van der Waals surface area contributed by atoms with Crippen LogP contribution in [-0.2, 0) is 0 Å². The number of nitrogens with zero attached hydrogens (tertiary/aromatic N) is 2. The minimum Gasteiger partial charge on any atom is -0.339 e. The van der Waals surface area contributed by atoms with Crippen LogP contribution in [0.1, 0.15) is 16.2 Å². The van der Waals surface area contributed by atoms with Crippen LogP contribution in [0.3, 0.4) is 0 Å². The third-order valence-electron chi connectivity index (χ3n) is 3.10. The molecule has 0 saturated heterocycles. The number of carbonyl (C=O) groups is 1. The van der Waals surface area contributed by atoms with E-state index in [9.17, 15) is 4.79 Å². The molecular weight excluding hydrogens is 288 g/mol. The summed E-state index contributed by atoms with van der Waals surface area (Å²) in [5.74, 6) is 0.901. The summed E-state index contributed by atoms with van der Waals surface area (Å²) in [6.45, 7) is 1.72. The lowest BCUT2D eigenvalue weighted by Gasteiger charge is -2.08. The number of hydrogen-bond donors (Lipinski definition) is 0. The Labute approximate surface area is 126 Å². The highest BCUT2D eigenvalue weighted by Gasteiger charge is 2.15. The van der Waals surface area contributed by atoms with Gasteiger partial charge in [-0.15, -0.1) is 0 Å². The van der Waals surface area contributed by atoms with Crippen LogP contribution in [0.15, 0.2) is 53.1 Å². The third kappa shape index (κ3) is 2.71. The van der Waals surface area contributed by atoms with E-state index in [1.54, 1.807) is 19.1 Å². The highest BCUT2D eigenvalue weighted by molar-refractivity contribution is 6.67. The van der Waals surface area contributed by atoms with Gasteiger partial charge in [0.1, 0.15) is 0 Å². The Morgan fingerprint density at radius 3 is 2.48 bits per heavy atom. The zero-order chi connectivity index (χ0) is 14.8. The summed E-state index contributed by atoms with van der Waals surface area (Å²) >= 11 is 5.56. The van der Waals surface area contributed by atoms with Crippen LogP contribution < -0.4 is 0 Å². The smallest absolute Gasteiger partial charge is 0.252 e. The van der Waals surface area contributed by atoms with Crippen molar-refractivity contribution in [1.82, 2.24) is 10.1 Å². The van der Waals surface area contributed by atoms with Gasteiger partial charge in [0.2, 0.25) is 11.7 Å². The zero-order valence-corrected chi connectivity index (χ0v) is 12.0. The van der Waals surface area contributed by atoms with E-state index in [1.165, 1.54) is 0 Å². The van der Waals surface area contributed by atoms with E-state index >= 15 is 0 Å². The number of hydrogen-bond acceptors (Lipinski definition) is 4. The van der Waals surface area contributed by atoms with Gasteiger partial charge in [0.15, 0.2) is 0 Å². The van der Waals surface area contributed by atoms with Crippen LogP contribution in [0.2, 0.25) is 0 Å². The second-order valence-corrected chi connectivity index (χ2v) is 4.88. The SMILES string of the molecule is Cc1nc(-c2cc(C(=O)Cl)ccc2-c2ccccc2)no1. The molecule has 1 aromatic heterocycles. The molecule has 0 spiro atoms. The zero-order valence-electron chi connectivity index (χ0n) is 11.2. The van der Waals surface area contributed by atoms with Crippen LogP contribution in [0, 0.1) is 6.92 Å². The number of rotatable bonds is 3. The lowest BCUT2D eigenvalue weighted by molar-refractivity contribution is 0.108. The highest BCUT2D eigenvalue weighted by Crippen LogP contribution is 2.31. The van der Waals surface area contributed by atoms with E-state index in [0.717, 1.165) is 11.1 Å². The van der Waals surface area contributed by atoms with Crippen molar-refractivity contribution in [3.8, 4) is 22.5 Å². The molecule has 1 heterocycles. The molecule has 0 aliphatic heterocycles. The molecule has 0 radical (unpaired) electrons. The van der Waals surface area contributed by atoms with E-state index in [0.29, 0.717) is 22.8 Å². The maximum Gasteiger partial charge on any atom is 0.252 e. The van der Waals surface area contributed by atoms with Gasteiger partial charge in [0.05, 0.1) is 0 Å². The van der Waals surface area contributed by atoms with E-state index < -0.39 is 5.24 Å². The molecule has 0 bridgehead atoms. The van der Waals surface area contributed by atoms with Crippen LogP contribution in [0.5, 0.6) is 0 Å². The molecule has 0 atom stereocenters. The Morgan fingerprint density at radius 2 is 1.86 bits per heavy atom. The normalized spacial score (nSPS) is 10.6. The van der Waals surface area contributed by atoms with Gasteiger partial charge in [0.25, 0.3) is 5.24 Å². The maximum absolute atomic E-state index is 11.4. The first kappa shape index (κ1) is 13.5. The van der Waals surface area contributed by atoms with Crippen molar-refractivity contribution in [2.75, 3.05) is 0 Å². The third-order valence-corrected chi connectivity index (χ3v) is 3.32. The summed E-state index contributed by atoms with van der Waals surface area (Å²) < 4.78 is 5.03. The summed E-state index contributed by atoms with van der Waals surface area (Å²) in [5, 5.41) is 3.41. The number of aryl methyl sites for hydroxylation is 1. The molecule has 4 nitrogen and oxygen atoms in total. The Bertz CT molecular complexity index is 797. The van der Waals surface area contributed by atoms with E-state index in [1.807, 2.05) is 36.4 Å². The fourth-order valence-corrected chi connectivity index (χ4v) is 2.25. The van der Waals surface area contributed by atoms with Crippen LogP contribution in [0.25, 0.3) is 22.5 Å². The molecule has 0 unspecified atom stereocenters. The van der Waals surface area contributed by atoms with Crippen LogP contribution >= 0.6 is 11.6 Å². The first-order valence-electron chi connectivity index (χ1n) is 6.35. The molecular formula is C16H11ClN2O2. The van der Waals surface area contributed by atoms with Crippen molar-refractivity contribution < 1.29 is 9.32 Å². The summed E-state index contributed by atoms with van der Waals surface area (Å²) in [4.78, 5) is 15.6. The van der Waals surface area contributed by atoms with Crippen molar-refractivity contribution >= 4 is 16.8 Å². The number of aromatic nitrogens is 2. The molecule has 21 heavy (non-hydrogen) atoms. The number of benzene rings is 2. The van der Waals surface area contributed by atoms with E-state index in [2.05, 4.69) is 10.1 Å². The van der Waals surface area contributed by atoms with Crippen molar-refractivity contribution in [2.45, 2.75) is 6.92 Å². The quantitative estimate of drug-likeness (QED) is 0.683. The molecule has 0 amide bonds. The second-order valence-electron chi connectivity index (χ2n) is 4.54. The molecule has 5 heteroatoms. The van der Waals surface area contributed by atoms with Gasteiger partial charge >= 0.3 is 0 Å². The van der Waals surface area contributed by atoms with Crippen molar-refractivity contribution in [2.24, 2.45) is 0 Å². The van der Waals surface area contributed by atoms with Gasteiger partial charge in [-0.2, -0.15) is 4.98 Å². The average molecular weight is 299 g/mol. The molecule has 0 fully saturated rings. The average Bonchev–Trinajstić information content (AvgIpc) is 2.94. The summed E-state index contributed by atoms with van der Waals surface area (Å²) in [6, 6.07) is 15.0. The van der Waals surface area contributed by atoms with Crippen molar-refractivity contribution in [3.05, 3.63) is 60.0 Å². The number of halogens is 1. The van der Waals surface area contributed by atoms with E-state index in [4.69, 9.17) is 16.1 Å². The van der Waals surface area contributed by atoms with Crippen molar-refractivity contribution in [1.29, 1.82) is 0 Å². The predicted octanol–water partition coefficient (Wildman–Crippen LogP) is 4.09. The Morgan fingerprint density at radius 1 is 1.10 bits per heavy atom. The first-order valence-corrected chi connectivity index (χ1v) is 6.73. The van der Waals surface area contributed by atoms with Gasteiger partial charge in [-0.05, 0) is 34.9 Å². The van der Waals surface area contributed by atoms with Crippen molar-refractivity contribution in [3.63, 3.8) is 0 Å². The maximum atomic E-state index is 11.4. The second kappa shape index (κ2) is 5.50. The molecule has 0 aliphatic carbocycles. The molecule has 0 aliphatic rings. The first-order chi connectivity index (χ1) is 10.1. The lowest BCUT2D eigenvalue weighted by atomic mass is 9.97. The molecule has 104 valence electrons. The monoisotopic (exact) mass is 298 g/mol. The fourth-order valence-electron chi connectivity index (χ4n) is 2.13. The minimum absolute atomic E-state index is 0.397. The van der Waals surface area contributed by atoms with Crippen LogP contribution in [0.4, 0.5) is 0 Å². The predicted molar refractivity (Wildman–Crippen MR) is 80.1 cm³/mol. The minimum atomic E-state index is -0.518. The van der Waals surface area contributed by atoms with Gasteiger partial charge in [-0.3, -0.25) is 4.79 Å². The summed E-state index contributed by atoms with van der Waals surface area (Å²) in [6.07, 6.45) is 0. The Hall–Kier alpha value is -2.46. The van der Waals surface area contributed by atoms with E-state index in [-0.39, 0.29) is 0 Å².